The van der Waals surface area contributed by atoms with Gasteiger partial charge in [-0.25, -0.2) is 0 Å². The first-order chi connectivity index (χ1) is 11.0. The van der Waals surface area contributed by atoms with Crippen molar-refractivity contribution >= 4 is 27.6 Å². The fourth-order valence-electron chi connectivity index (χ4n) is 2.53. The number of para-hydroxylation sites is 1. The first-order valence-electron chi connectivity index (χ1n) is 7.30. The number of rotatable bonds is 4. The normalized spacial score (nSPS) is 12.3. The smallest absolute Gasteiger partial charge is 0.270 e. The number of hydrogen-bond donors (Lipinski definition) is 1. The minimum Gasteiger partial charge on any atom is -0.351 e. The summed E-state index contributed by atoms with van der Waals surface area (Å²) in [7, 11) is 0.794. The van der Waals surface area contributed by atoms with Crippen molar-refractivity contribution in [2.75, 3.05) is 13.3 Å². The van der Waals surface area contributed by atoms with Crippen LogP contribution < -0.4 is 0 Å². The van der Waals surface area contributed by atoms with Crippen LogP contribution in [0.5, 0.6) is 0 Å². The molecule has 0 radical (unpaired) electrons. The van der Waals surface area contributed by atoms with Gasteiger partial charge in [-0.15, -0.1) is 0 Å². The Morgan fingerprint density at radius 1 is 1.13 bits per heavy atom. The second-order valence-corrected chi connectivity index (χ2v) is 6.91. The van der Waals surface area contributed by atoms with E-state index in [1.165, 1.54) is 0 Å². The second-order valence-electron chi connectivity index (χ2n) is 5.53. The molecule has 118 valence electrons. The van der Waals surface area contributed by atoms with Gasteiger partial charge < -0.3 is 9.88 Å². The molecular weight excluding hydrogens is 308 g/mol. The molecular formula is C18H18N2O2S. The topological polar surface area (TPSA) is 53.2 Å². The number of carbonyl (C=O) groups is 1. The van der Waals surface area contributed by atoms with Crippen molar-refractivity contribution < 1.29 is 9.00 Å². The van der Waals surface area contributed by atoms with E-state index in [9.17, 15) is 9.00 Å². The summed E-state index contributed by atoms with van der Waals surface area (Å²) in [4.78, 5) is 18.2. The molecule has 4 nitrogen and oxygen atoms in total. The lowest BCUT2D eigenvalue weighted by atomic mass is 10.2. The number of aromatic amines is 1. The third-order valence-electron chi connectivity index (χ3n) is 3.78. The number of benzene rings is 2. The largest absolute Gasteiger partial charge is 0.351 e. The van der Waals surface area contributed by atoms with Crippen molar-refractivity contribution in [3.8, 4) is 0 Å². The third-order valence-corrected chi connectivity index (χ3v) is 4.72. The zero-order valence-electron chi connectivity index (χ0n) is 13.1. The number of hydrogen-bond acceptors (Lipinski definition) is 2. The average Bonchev–Trinajstić information content (AvgIpc) is 2.98. The Morgan fingerprint density at radius 3 is 2.48 bits per heavy atom. The molecule has 1 N–H and O–H groups in total. The molecule has 2 aromatic carbocycles. The van der Waals surface area contributed by atoms with Crippen LogP contribution in [0.4, 0.5) is 0 Å². The van der Waals surface area contributed by atoms with Gasteiger partial charge >= 0.3 is 0 Å². The Balaban J connectivity index is 1.75. The number of nitrogens with one attached hydrogen (secondary N) is 1. The zero-order valence-corrected chi connectivity index (χ0v) is 13.9. The van der Waals surface area contributed by atoms with Crippen molar-refractivity contribution in [1.82, 2.24) is 9.88 Å². The Hall–Kier alpha value is -2.40. The fourth-order valence-corrected chi connectivity index (χ4v) is 3.05. The average molecular weight is 326 g/mol. The Bertz CT molecular complexity index is 835. The van der Waals surface area contributed by atoms with E-state index in [1.807, 2.05) is 54.6 Å². The minimum absolute atomic E-state index is 0.0515. The molecule has 0 aliphatic carbocycles. The van der Waals surface area contributed by atoms with Gasteiger partial charge in [-0.2, -0.15) is 0 Å². The third kappa shape index (κ3) is 3.35. The number of H-pyrrole nitrogens is 1. The van der Waals surface area contributed by atoms with E-state index < -0.39 is 10.8 Å². The van der Waals surface area contributed by atoms with Crippen LogP contribution in [0.3, 0.4) is 0 Å². The molecule has 1 aromatic heterocycles. The maximum absolute atomic E-state index is 12.5. The van der Waals surface area contributed by atoms with Gasteiger partial charge in [0.15, 0.2) is 0 Å². The van der Waals surface area contributed by atoms with Gasteiger partial charge in [-0.1, -0.05) is 30.3 Å². The highest BCUT2D eigenvalue weighted by Crippen LogP contribution is 2.17. The van der Waals surface area contributed by atoms with Crippen molar-refractivity contribution in [2.24, 2.45) is 0 Å². The van der Waals surface area contributed by atoms with Crippen molar-refractivity contribution in [1.29, 1.82) is 0 Å². The van der Waals surface area contributed by atoms with Gasteiger partial charge in [0.1, 0.15) is 5.69 Å². The summed E-state index contributed by atoms with van der Waals surface area (Å²) < 4.78 is 11.4. The molecule has 3 aromatic rings. The highest BCUT2D eigenvalue weighted by atomic mass is 32.2. The van der Waals surface area contributed by atoms with Crippen molar-refractivity contribution in [2.45, 2.75) is 11.4 Å². The highest BCUT2D eigenvalue weighted by molar-refractivity contribution is 7.84. The molecule has 0 spiro atoms. The van der Waals surface area contributed by atoms with Crippen molar-refractivity contribution in [3.63, 3.8) is 0 Å². The molecule has 1 atom stereocenters. The molecule has 1 amide bonds. The van der Waals surface area contributed by atoms with Crippen LogP contribution in [0.1, 0.15) is 16.1 Å². The Morgan fingerprint density at radius 2 is 1.83 bits per heavy atom. The van der Waals surface area contributed by atoms with E-state index in [-0.39, 0.29) is 5.91 Å². The summed E-state index contributed by atoms with van der Waals surface area (Å²) >= 11 is 0. The first-order valence-corrected chi connectivity index (χ1v) is 8.86. The van der Waals surface area contributed by atoms with Gasteiger partial charge in [0, 0.05) is 46.4 Å². The Kier molecular flexibility index (Phi) is 4.30. The molecule has 0 saturated carbocycles. The van der Waals surface area contributed by atoms with Crippen LogP contribution in [-0.4, -0.2) is 33.3 Å². The maximum atomic E-state index is 12.5. The number of amides is 1. The maximum Gasteiger partial charge on any atom is 0.270 e. The summed E-state index contributed by atoms with van der Waals surface area (Å²) in [5, 5.41) is 1.03. The second kappa shape index (κ2) is 6.38. The molecule has 0 saturated heterocycles. The van der Waals surface area contributed by atoms with Crippen LogP contribution >= 0.6 is 0 Å². The number of nitrogens with zero attached hydrogens (tertiary/aromatic N) is 1. The Labute approximate surface area is 137 Å². The van der Waals surface area contributed by atoms with E-state index in [0.717, 1.165) is 21.4 Å². The zero-order chi connectivity index (χ0) is 16.4. The fraction of sp³-hybridized carbons (Fsp3) is 0.167. The monoisotopic (exact) mass is 326 g/mol. The summed E-state index contributed by atoms with van der Waals surface area (Å²) in [5.74, 6) is -0.0515. The lowest BCUT2D eigenvalue weighted by molar-refractivity contribution is 0.0780. The predicted molar refractivity (Wildman–Crippen MR) is 92.9 cm³/mol. The molecule has 0 aliphatic rings. The molecule has 23 heavy (non-hydrogen) atoms. The van der Waals surface area contributed by atoms with Crippen LogP contribution in [0.15, 0.2) is 59.5 Å². The van der Waals surface area contributed by atoms with Crippen LogP contribution in [-0.2, 0) is 17.3 Å². The molecule has 0 unspecified atom stereocenters. The molecule has 0 aliphatic heterocycles. The first kappa shape index (κ1) is 15.5. The quantitative estimate of drug-likeness (QED) is 0.800. The molecule has 3 rings (SSSR count). The standard InChI is InChI=1S/C18H18N2O2S/c1-20(12-13-7-9-15(10-8-13)23(2)22)18(21)17-11-14-5-3-4-6-16(14)19-17/h3-11,19H,12H2,1-2H3/t23-/m0/s1. The minimum atomic E-state index is -0.983. The predicted octanol–water partition coefficient (Wildman–Crippen LogP) is 3.18. The van der Waals surface area contributed by atoms with Crippen LogP contribution in [0.25, 0.3) is 10.9 Å². The molecule has 0 fully saturated rings. The molecule has 0 bridgehead atoms. The number of carbonyl (C=O) groups excluding carboxylic acids is 1. The van der Waals surface area contributed by atoms with E-state index in [4.69, 9.17) is 0 Å². The SMILES string of the molecule is CN(Cc1ccc([S@](C)=O)cc1)C(=O)c1cc2ccccc2[nH]1. The van der Waals surface area contributed by atoms with Gasteiger partial charge in [0.2, 0.25) is 0 Å². The van der Waals surface area contributed by atoms with E-state index in [2.05, 4.69) is 4.98 Å². The lowest BCUT2D eigenvalue weighted by Crippen LogP contribution is -2.26. The number of fused-ring (bicyclic) bond motifs is 1. The van der Waals surface area contributed by atoms with Crippen molar-refractivity contribution in [3.05, 3.63) is 65.9 Å². The van der Waals surface area contributed by atoms with Gasteiger partial charge in [0.25, 0.3) is 5.91 Å². The van der Waals surface area contributed by atoms with Crippen LogP contribution in [0.2, 0.25) is 0 Å². The lowest BCUT2D eigenvalue weighted by Gasteiger charge is -2.16. The van der Waals surface area contributed by atoms with Crippen LogP contribution in [0, 0.1) is 0 Å². The van der Waals surface area contributed by atoms with Gasteiger partial charge in [-0.3, -0.25) is 9.00 Å². The van der Waals surface area contributed by atoms with Gasteiger partial charge in [0.05, 0.1) is 0 Å². The summed E-state index contributed by atoms with van der Waals surface area (Å²) in [6.45, 7) is 0.505. The summed E-state index contributed by atoms with van der Waals surface area (Å²) in [6, 6.07) is 17.2. The summed E-state index contributed by atoms with van der Waals surface area (Å²) in [6.07, 6.45) is 1.65. The van der Waals surface area contributed by atoms with Gasteiger partial charge in [-0.05, 0) is 29.8 Å². The highest BCUT2D eigenvalue weighted by Gasteiger charge is 2.14. The van der Waals surface area contributed by atoms with E-state index >= 15 is 0 Å². The molecule has 5 heteroatoms. The number of aromatic nitrogens is 1. The molecule has 1 heterocycles. The van der Waals surface area contributed by atoms with E-state index in [0.29, 0.717) is 12.2 Å². The van der Waals surface area contributed by atoms with E-state index in [1.54, 1.807) is 18.2 Å². The summed E-state index contributed by atoms with van der Waals surface area (Å²) in [5.41, 5.74) is 2.55.